The van der Waals surface area contributed by atoms with Gasteiger partial charge in [-0.2, -0.15) is 0 Å². The molecular weight excluding hydrogens is 270 g/mol. The first-order valence-electron chi connectivity index (χ1n) is 7.86. The number of rotatable bonds is 5. The monoisotopic (exact) mass is 291 g/mol. The fourth-order valence-electron chi connectivity index (χ4n) is 3.04. The van der Waals surface area contributed by atoms with Crippen molar-refractivity contribution in [3.63, 3.8) is 0 Å². The minimum atomic E-state index is -0.519. The van der Waals surface area contributed by atoms with E-state index in [0.29, 0.717) is 0 Å². The first-order chi connectivity index (χ1) is 10.8. The normalized spacial score (nSPS) is 13.9. The lowest BCUT2D eigenvalue weighted by atomic mass is 9.85. The van der Waals surface area contributed by atoms with Gasteiger partial charge in [0.1, 0.15) is 0 Å². The molecule has 2 aromatic carbocycles. The zero-order valence-electron chi connectivity index (χ0n) is 12.8. The van der Waals surface area contributed by atoms with Crippen LogP contribution in [0.1, 0.15) is 42.9 Å². The lowest BCUT2D eigenvalue weighted by molar-refractivity contribution is 0.139. The lowest BCUT2D eigenvalue weighted by Gasteiger charge is -2.23. The quantitative estimate of drug-likeness (QED) is 0.728. The Labute approximate surface area is 131 Å². The average Bonchev–Trinajstić information content (AvgIpc) is 2.59. The zero-order chi connectivity index (χ0) is 15.4. The Morgan fingerprint density at radius 3 is 2.50 bits per heavy atom. The molecule has 0 unspecified atom stereocenters. The Bertz CT molecular complexity index is 739. The molecule has 3 rings (SSSR count). The molecule has 0 aliphatic rings. The van der Waals surface area contributed by atoms with Crippen molar-refractivity contribution in [2.45, 2.75) is 31.8 Å². The number of benzene rings is 2. The molecule has 2 nitrogen and oxygen atoms in total. The van der Waals surface area contributed by atoms with Crippen molar-refractivity contribution < 1.29 is 5.11 Å². The maximum Gasteiger partial charge on any atom is 0.0873 e. The van der Waals surface area contributed by atoms with Crippen molar-refractivity contribution in [3.05, 3.63) is 78.1 Å². The van der Waals surface area contributed by atoms with Gasteiger partial charge in [0.25, 0.3) is 0 Å². The largest absolute Gasteiger partial charge is 0.388 e. The molecule has 0 amide bonds. The number of hydrogen-bond acceptors (Lipinski definition) is 2. The second-order valence-electron chi connectivity index (χ2n) is 5.73. The molecule has 0 fully saturated rings. The van der Waals surface area contributed by atoms with E-state index in [1.54, 1.807) is 12.4 Å². The van der Waals surface area contributed by atoms with Crippen LogP contribution in [0.2, 0.25) is 0 Å². The van der Waals surface area contributed by atoms with Crippen molar-refractivity contribution in [2.24, 2.45) is 0 Å². The summed E-state index contributed by atoms with van der Waals surface area (Å²) >= 11 is 0. The van der Waals surface area contributed by atoms with Crippen LogP contribution in [0.15, 0.2) is 67.0 Å². The summed E-state index contributed by atoms with van der Waals surface area (Å²) < 4.78 is 0. The number of pyridine rings is 1. The molecule has 0 aliphatic carbocycles. The Morgan fingerprint density at radius 2 is 1.77 bits per heavy atom. The van der Waals surface area contributed by atoms with Gasteiger partial charge < -0.3 is 5.11 Å². The summed E-state index contributed by atoms with van der Waals surface area (Å²) in [5, 5.41) is 13.3. The van der Waals surface area contributed by atoms with Gasteiger partial charge in [-0.25, -0.2) is 0 Å². The second kappa shape index (κ2) is 6.71. The van der Waals surface area contributed by atoms with Gasteiger partial charge >= 0.3 is 0 Å². The average molecular weight is 291 g/mol. The predicted molar refractivity (Wildman–Crippen MR) is 90.8 cm³/mol. The van der Waals surface area contributed by atoms with Gasteiger partial charge in [0.05, 0.1) is 6.10 Å². The molecule has 0 spiro atoms. The first kappa shape index (κ1) is 14.7. The number of fused-ring (bicyclic) bond motifs is 1. The molecule has 2 heteroatoms. The minimum Gasteiger partial charge on any atom is -0.388 e. The molecule has 0 saturated carbocycles. The van der Waals surface area contributed by atoms with Crippen LogP contribution in [-0.2, 0) is 0 Å². The molecule has 1 N–H and O–H groups in total. The number of nitrogens with zero attached hydrogens (tertiary/aromatic N) is 1. The van der Waals surface area contributed by atoms with E-state index in [9.17, 15) is 5.11 Å². The third-order valence-corrected chi connectivity index (χ3v) is 4.21. The Balaban J connectivity index is 1.98. The Morgan fingerprint density at radius 1 is 0.955 bits per heavy atom. The van der Waals surface area contributed by atoms with Crippen molar-refractivity contribution in [2.75, 3.05) is 0 Å². The molecule has 22 heavy (non-hydrogen) atoms. The summed E-state index contributed by atoms with van der Waals surface area (Å²) in [5.41, 5.74) is 2.08. The molecule has 0 radical (unpaired) electrons. The maximum atomic E-state index is 10.8. The van der Waals surface area contributed by atoms with Gasteiger partial charge in [-0.1, -0.05) is 61.9 Å². The summed E-state index contributed by atoms with van der Waals surface area (Å²) in [5.74, 6) is 0.0961. The number of aliphatic hydroxyl groups excluding tert-OH is 1. The van der Waals surface area contributed by atoms with Crippen molar-refractivity contribution in [3.8, 4) is 0 Å². The molecule has 0 aliphatic heterocycles. The van der Waals surface area contributed by atoms with Gasteiger partial charge in [0.15, 0.2) is 0 Å². The van der Waals surface area contributed by atoms with E-state index in [1.807, 2.05) is 12.1 Å². The third-order valence-electron chi connectivity index (χ3n) is 4.21. The molecule has 112 valence electrons. The van der Waals surface area contributed by atoms with E-state index in [4.69, 9.17) is 0 Å². The van der Waals surface area contributed by atoms with E-state index in [2.05, 4.69) is 54.4 Å². The van der Waals surface area contributed by atoms with Crippen molar-refractivity contribution in [1.82, 2.24) is 4.98 Å². The van der Waals surface area contributed by atoms with Gasteiger partial charge in [0.2, 0.25) is 0 Å². The highest BCUT2D eigenvalue weighted by Gasteiger charge is 2.22. The molecule has 1 heterocycles. The summed E-state index contributed by atoms with van der Waals surface area (Å²) in [6.07, 6.45) is 4.97. The minimum absolute atomic E-state index is 0.0961. The van der Waals surface area contributed by atoms with Crippen LogP contribution >= 0.6 is 0 Å². The molecule has 1 aromatic heterocycles. The number of aromatic nitrogens is 1. The van der Waals surface area contributed by atoms with Gasteiger partial charge in [-0.05, 0) is 34.4 Å². The van der Waals surface area contributed by atoms with Crippen LogP contribution in [0.3, 0.4) is 0 Å². The molecule has 0 saturated heterocycles. The Kier molecular flexibility index (Phi) is 4.50. The van der Waals surface area contributed by atoms with Crippen LogP contribution < -0.4 is 0 Å². The van der Waals surface area contributed by atoms with E-state index < -0.39 is 6.10 Å². The Hall–Kier alpha value is -2.19. The fourth-order valence-corrected chi connectivity index (χ4v) is 3.04. The van der Waals surface area contributed by atoms with Gasteiger partial charge in [-0.15, -0.1) is 0 Å². The second-order valence-corrected chi connectivity index (χ2v) is 5.73. The predicted octanol–water partition coefficient (Wildman–Crippen LogP) is 4.85. The highest BCUT2D eigenvalue weighted by atomic mass is 16.3. The summed E-state index contributed by atoms with van der Waals surface area (Å²) in [6, 6.07) is 18.7. The maximum absolute atomic E-state index is 10.8. The highest BCUT2D eigenvalue weighted by molar-refractivity contribution is 5.83. The smallest absolute Gasteiger partial charge is 0.0873 e. The van der Waals surface area contributed by atoms with Gasteiger partial charge in [0, 0.05) is 18.3 Å². The zero-order valence-corrected chi connectivity index (χ0v) is 12.8. The summed E-state index contributed by atoms with van der Waals surface area (Å²) in [7, 11) is 0. The molecule has 3 aromatic rings. The molecular formula is C20H21NO. The third kappa shape index (κ3) is 3.02. The van der Waals surface area contributed by atoms with Gasteiger partial charge in [-0.3, -0.25) is 4.98 Å². The number of aliphatic hydroxyl groups is 1. The van der Waals surface area contributed by atoms with Crippen molar-refractivity contribution >= 4 is 10.8 Å². The van der Waals surface area contributed by atoms with Crippen LogP contribution in [0, 0.1) is 0 Å². The highest BCUT2D eigenvalue weighted by Crippen LogP contribution is 2.35. The molecule has 2 atom stereocenters. The fraction of sp³-hybridized carbons (Fsp3) is 0.250. The van der Waals surface area contributed by atoms with Crippen LogP contribution in [0.4, 0.5) is 0 Å². The lowest BCUT2D eigenvalue weighted by Crippen LogP contribution is -2.11. The van der Waals surface area contributed by atoms with Crippen LogP contribution in [-0.4, -0.2) is 10.1 Å². The first-order valence-corrected chi connectivity index (χ1v) is 7.86. The number of hydrogen-bond donors (Lipinski definition) is 1. The van der Waals surface area contributed by atoms with Crippen LogP contribution in [0.5, 0.6) is 0 Å². The topological polar surface area (TPSA) is 33.1 Å². The van der Waals surface area contributed by atoms with Crippen molar-refractivity contribution in [1.29, 1.82) is 0 Å². The van der Waals surface area contributed by atoms with Crippen LogP contribution in [0.25, 0.3) is 10.8 Å². The molecule has 0 bridgehead atoms. The van der Waals surface area contributed by atoms with E-state index in [1.165, 1.54) is 16.3 Å². The standard InChI is InChI=1S/C20H21NO/c1-2-6-19(20(22)18-9-5-12-21-14-18)17-11-10-15-7-3-4-8-16(15)13-17/h3-5,7-14,19-20,22H,2,6H2,1H3/t19-,20-/m1/s1. The van der Waals surface area contributed by atoms with E-state index in [0.717, 1.165) is 18.4 Å². The van der Waals surface area contributed by atoms with E-state index >= 15 is 0 Å². The summed E-state index contributed by atoms with van der Waals surface area (Å²) in [4.78, 5) is 4.13. The van der Waals surface area contributed by atoms with E-state index in [-0.39, 0.29) is 5.92 Å². The summed E-state index contributed by atoms with van der Waals surface area (Å²) in [6.45, 7) is 2.16. The SMILES string of the molecule is CCC[C@H](c1ccc2ccccc2c1)[C@H](O)c1cccnc1.